The number of allylic oxidation sites excluding steroid dienone is 13. The maximum atomic E-state index is 12.4. The van der Waals surface area contributed by atoms with Gasteiger partial charge in [-0.3, -0.25) is 14.1 Å². The molecule has 0 rings (SSSR count). The van der Waals surface area contributed by atoms with Crippen LogP contribution < -0.4 is 0 Å². The maximum absolute atomic E-state index is 12.4. The van der Waals surface area contributed by atoms with E-state index in [1.807, 2.05) is 12.2 Å². The normalized spacial score (nSPS) is 13.9. The van der Waals surface area contributed by atoms with Crippen LogP contribution in [0.2, 0.25) is 0 Å². The number of hydrogen-bond acceptors (Lipinski definition) is 7. The highest BCUT2D eigenvalue weighted by Crippen LogP contribution is 2.36. The van der Waals surface area contributed by atoms with Crippen molar-refractivity contribution < 1.29 is 43.0 Å². The van der Waals surface area contributed by atoms with Crippen molar-refractivity contribution in [1.29, 1.82) is 0 Å². The Labute approximate surface area is 334 Å². The van der Waals surface area contributed by atoms with Crippen molar-refractivity contribution in [2.75, 3.05) is 13.2 Å². The van der Waals surface area contributed by atoms with E-state index in [0.29, 0.717) is 19.3 Å². The second-order valence-corrected chi connectivity index (χ2v) is 15.0. The molecule has 0 aromatic carbocycles. The smallest absolute Gasteiger partial charge is 0.462 e. The average Bonchev–Trinajstić information content (AvgIpc) is 3.15. The molecule has 314 valence electrons. The third kappa shape index (κ3) is 42.2. The van der Waals surface area contributed by atoms with Crippen LogP contribution in [0.15, 0.2) is 85.1 Å². The Morgan fingerprint density at radius 1 is 0.582 bits per heavy atom. The minimum atomic E-state index is -4.82. The Balaban J connectivity index is 4.12. The van der Waals surface area contributed by atoms with Crippen molar-refractivity contribution in [2.24, 2.45) is 0 Å². The number of rotatable bonds is 37. The molecule has 0 spiro atoms. The zero-order chi connectivity index (χ0) is 40.5. The number of phosphoric acid groups is 1. The molecule has 0 radical (unpaired) electrons. The van der Waals surface area contributed by atoms with Crippen molar-refractivity contribution in [3.63, 3.8) is 0 Å². The number of carbonyl (C=O) groups excluding carboxylic acids is 2. The van der Waals surface area contributed by atoms with Crippen molar-refractivity contribution >= 4 is 19.8 Å². The lowest BCUT2D eigenvalue weighted by atomic mass is 10.1. The quantitative estimate of drug-likeness (QED) is 0.0184. The van der Waals surface area contributed by atoms with E-state index in [-0.39, 0.29) is 19.4 Å². The second-order valence-electron chi connectivity index (χ2n) is 13.8. The van der Waals surface area contributed by atoms with Crippen LogP contribution in [0.5, 0.6) is 0 Å². The van der Waals surface area contributed by atoms with Gasteiger partial charge < -0.3 is 24.4 Å². The molecule has 10 heteroatoms. The molecular weight excluding hydrogens is 715 g/mol. The highest BCUT2D eigenvalue weighted by atomic mass is 31.2. The first-order valence-electron chi connectivity index (χ1n) is 21.0. The predicted octanol–water partition coefficient (Wildman–Crippen LogP) is 11.8. The average molecular weight is 791 g/mol. The van der Waals surface area contributed by atoms with Gasteiger partial charge in [0.25, 0.3) is 0 Å². The van der Waals surface area contributed by atoms with Crippen molar-refractivity contribution in [3.8, 4) is 0 Å². The lowest BCUT2D eigenvalue weighted by molar-refractivity contribution is -0.161. The summed E-state index contributed by atoms with van der Waals surface area (Å²) < 4.78 is 26.3. The molecule has 2 atom stereocenters. The van der Waals surface area contributed by atoms with E-state index in [1.54, 1.807) is 12.2 Å². The van der Waals surface area contributed by atoms with Gasteiger partial charge in [0, 0.05) is 12.8 Å². The van der Waals surface area contributed by atoms with E-state index in [2.05, 4.69) is 79.1 Å². The summed E-state index contributed by atoms with van der Waals surface area (Å²) in [7, 11) is -4.82. The molecule has 0 heterocycles. The summed E-state index contributed by atoms with van der Waals surface area (Å²) in [6.07, 6.45) is 49.0. The Kier molecular flexibility index (Phi) is 37.4. The van der Waals surface area contributed by atoms with Crippen LogP contribution in [0.1, 0.15) is 162 Å². The Morgan fingerprint density at radius 2 is 1.09 bits per heavy atom. The van der Waals surface area contributed by atoms with Gasteiger partial charge in [0.05, 0.1) is 12.7 Å². The monoisotopic (exact) mass is 791 g/mol. The SMILES string of the molecule is CC/C=C\C/C=C\C/C=C\C/C=C\C=C\C(O)CCCC(=O)O[C@H](COC(=O)CCCCCCCCCCC/C=C\C/C=C\CCCCC)COP(=O)(O)O. The molecule has 0 amide bonds. The first kappa shape index (κ1) is 52.2. The summed E-state index contributed by atoms with van der Waals surface area (Å²) in [5.41, 5.74) is 0. The minimum Gasteiger partial charge on any atom is -0.462 e. The lowest BCUT2D eigenvalue weighted by Gasteiger charge is -2.18. The summed E-state index contributed by atoms with van der Waals surface area (Å²) in [6, 6.07) is 0. The van der Waals surface area contributed by atoms with Gasteiger partial charge >= 0.3 is 19.8 Å². The molecule has 0 aliphatic carbocycles. The number of aliphatic hydroxyl groups is 1. The number of unbranched alkanes of at least 4 members (excludes halogenated alkanes) is 12. The van der Waals surface area contributed by atoms with Crippen LogP contribution in [0, 0.1) is 0 Å². The summed E-state index contributed by atoms with van der Waals surface area (Å²) in [5, 5.41) is 10.2. The van der Waals surface area contributed by atoms with Crippen molar-refractivity contribution in [3.05, 3.63) is 85.1 Å². The van der Waals surface area contributed by atoms with Crippen LogP contribution in [0.25, 0.3) is 0 Å². The van der Waals surface area contributed by atoms with E-state index < -0.39 is 38.6 Å². The van der Waals surface area contributed by atoms with Gasteiger partial charge in [0.15, 0.2) is 6.10 Å². The minimum absolute atomic E-state index is 0.0239. The van der Waals surface area contributed by atoms with E-state index in [0.717, 1.165) is 57.8 Å². The van der Waals surface area contributed by atoms with Gasteiger partial charge in [-0.2, -0.15) is 0 Å². The van der Waals surface area contributed by atoms with Gasteiger partial charge in [-0.25, -0.2) is 4.57 Å². The van der Waals surface area contributed by atoms with Gasteiger partial charge in [-0.05, 0) is 77.0 Å². The number of ether oxygens (including phenoxy) is 2. The Hall–Kier alpha value is -2.81. The standard InChI is InChI=1S/C45H75O9P/c1-3-5-7-9-11-13-15-17-18-19-20-21-22-24-26-28-30-32-34-38-44(47)52-40-43(41-53-55(49,50)51)54-45(48)39-35-37-42(46)36-33-31-29-27-25-23-16-14-12-10-8-6-4-2/h6,8,11-14,17-18,23,25,29,31,33,36,42-43,46H,3-5,7,9-10,15-16,19-22,24,26-28,30,32,34-35,37-41H2,1-2H3,(H2,49,50,51)/b8-6-,13-11-,14-12-,18-17-,25-23-,31-29-,36-33+/t42?,43-/m1/s1. The molecule has 0 aliphatic heterocycles. The number of aliphatic hydroxyl groups excluding tert-OH is 1. The number of hydrogen-bond donors (Lipinski definition) is 3. The van der Waals surface area contributed by atoms with Gasteiger partial charge in [0.2, 0.25) is 0 Å². The van der Waals surface area contributed by atoms with Crippen LogP contribution in [-0.2, 0) is 28.2 Å². The molecule has 55 heavy (non-hydrogen) atoms. The molecule has 0 aromatic rings. The van der Waals surface area contributed by atoms with Crippen LogP contribution in [0.4, 0.5) is 0 Å². The molecule has 0 fully saturated rings. The second kappa shape index (κ2) is 39.4. The molecule has 1 unspecified atom stereocenters. The van der Waals surface area contributed by atoms with Gasteiger partial charge in [0.1, 0.15) is 6.61 Å². The summed E-state index contributed by atoms with van der Waals surface area (Å²) in [6.45, 7) is 3.37. The fourth-order valence-corrected chi connectivity index (χ4v) is 5.73. The molecule has 9 nitrogen and oxygen atoms in total. The topological polar surface area (TPSA) is 140 Å². The summed E-state index contributed by atoms with van der Waals surface area (Å²) >= 11 is 0. The van der Waals surface area contributed by atoms with Crippen LogP contribution in [0.3, 0.4) is 0 Å². The van der Waals surface area contributed by atoms with Crippen molar-refractivity contribution in [2.45, 2.75) is 174 Å². The lowest BCUT2D eigenvalue weighted by Crippen LogP contribution is -2.29. The first-order valence-corrected chi connectivity index (χ1v) is 22.5. The largest absolute Gasteiger partial charge is 0.469 e. The van der Waals surface area contributed by atoms with E-state index in [4.69, 9.17) is 19.3 Å². The van der Waals surface area contributed by atoms with Crippen LogP contribution in [-0.4, -0.2) is 52.3 Å². The third-order valence-corrected chi connectivity index (χ3v) is 8.99. The molecule has 0 aromatic heterocycles. The molecule has 3 N–H and O–H groups in total. The zero-order valence-corrected chi connectivity index (χ0v) is 35.0. The Bertz CT molecular complexity index is 1180. The third-order valence-electron chi connectivity index (χ3n) is 8.50. The number of carbonyl (C=O) groups is 2. The van der Waals surface area contributed by atoms with E-state index >= 15 is 0 Å². The number of esters is 2. The molecule has 0 saturated heterocycles. The molecule has 0 bridgehead atoms. The van der Waals surface area contributed by atoms with Gasteiger partial charge in [-0.15, -0.1) is 0 Å². The molecular formula is C45H75O9P. The van der Waals surface area contributed by atoms with Gasteiger partial charge in [-0.1, -0.05) is 157 Å². The van der Waals surface area contributed by atoms with Crippen molar-refractivity contribution in [1.82, 2.24) is 0 Å². The maximum Gasteiger partial charge on any atom is 0.469 e. The molecule has 0 aliphatic rings. The van der Waals surface area contributed by atoms with E-state index in [1.165, 1.54) is 57.8 Å². The first-order chi connectivity index (χ1) is 26.7. The Morgan fingerprint density at radius 3 is 1.67 bits per heavy atom. The zero-order valence-electron chi connectivity index (χ0n) is 34.2. The summed E-state index contributed by atoms with van der Waals surface area (Å²) in [4.78, 5) is 42.9. The fraction of sp³-hybridized carbons (Fsp3) is 0.644. The highest BCUT2D eigenvalue weighted by Gasteiger charge is 2.23. The van der Waals surface area contributed by atoms with E-state index in [9.17, 15) is 19.3 Å². The fourth-order valence-electron chi connectivity index (χ4n) is 5.37. The van der Waals surface area contributed by atoms with Crippen LogP contribution >= 0.6 is 7.82 Å². The highest BCUT2D eigenvalue weighted by molar-refractivity contribution is 7.46. The summed E-state index contributed by atoms with van der Waals surface area (Å²) in [5.74, 6) is -1.10. The predicted molar refractivity (Wildman–Crippen MR) is 226 cm³/mol. The molecule has 0 saturated carbocycles. The number of phosphoric ester groups is 1.